The van der Waals surface area contributed by atoms with Gasteiger partial charge in [-0.3, -0.25) is 9.59 Å². The van der Waals surface area contributed by atoms with Crippen LogP contribution in [0.15, 0.2) is 10.4 Å². The Labute approximate surface area is 189 Å². The lowest BCUT2D eigenvalue weighted by Crippen LogP contribution is -2.50. The van der Waals surface area contributed by atoms with E-state index in [1.54, 1.807) is 18.3 Å². The normalized spacial score (nSPS) is 22.7. The van der Waals surface area contributed by atoms with E-state index in [9.17, 15) is 9.59 Å². The Morgan fingerprint density at radius 2 is 1.83 bits per heavy atom. The van der Waals surface area contributed by atoms with Crippen LogP contribution in [0.5, 0.6) is 0 Å². The van der Waals surface area contributed by atoms with Gasteiger partial charge in [-0.05, 0) is 51.9 Å². The van der Waals surface area contributed by atoms with Crippen molar-refractivity contribution in [3.05, 3.63) is 11.2 Å². The van der Waals surface area contributed by atoms with E-state index < -0.39 is 0 Å². The predicted octanol–water partition coefficient (Wildman–Crippen LogP) is 5.27. The molecular weight excluding hydrogens is 416 g/mol. The van der Waals surface area contributed by atoms with Gasteiger partial charge in [-0.2, -0.15) is 0 Å². The van der Waals surface area contributed by atoms with Crippen LogP contribution in [-0.4, -0.2) is 52.1 Å². The number of ketones is 1. The third kappa shape index (κ3) is 7.06. The van der Waals surface area contributed by atoms with E-state index in [-0.39, 0.29) is 11.7 Å². The van der Waals surface area contributed by atoms with Gasteiger partial charge < -0.3 is 9.64 Å². The van der Waals surface area contributed by atoms with E-state index in [0.717, 1.165) is 60.8 Å². The number of Topliss-reactive ketones (excluding diaryl/α,β-unsaturated/α-hetero) is 1. The summed E-state index contributed by atoms with van der Waals surface area (Å²) in [6, 6.07) is 0.726. The summed E-state index contributed by atoms with van der Waals surface area (Å²) in [5, 5.41) is 0.867. The molecule has 0 aromatic carbocycles. The summed E-state index contributed by atoms with van der Waals surface area (Å²) >= 11 is 3.07. The molecule has 1 heterocycles. The number of hydrogen-bond acceptors (Lipinski definition) is 6. The Kier molecular flexibility index (Phi) is 9.65. The lowest BCUT2D eigenvalue weighted by atomic mass is 9.87. The molecule has 0 aliphatic heterocycles. The SMILES string of the molecule is CCCOC1CCC(N(C(=O)Cc2ncc(SCC(C)=O)s2)C2CCCCC2)CC1. The molecule has 2 aliphatic carbocycles. The van der Waals surface area contributed by atoms with Crippen LogP contribution >= 0.6 is 23.1 Å². The van der Waals surface area contributed by atoms with Gasteiger partial charge in [0.2, 0.25) is 5.91 Å². The number of carbonyl (C=O) groups is 2. The number of rotatable bonds is 10. The van der Waals surface area contributed by atoms with Crippen molar-refractivity contribution < 1.29 is 14.3 Å². The largest absolute Gasteiger partial charge is 0.378 e. The zero-order chi connectivity index (χ0) is 21.3. The van der Waals surface area contributed by atoms with E-state index >= 15 is 0 Å². The Hall–Kier alpha value is -0.920. The Morgan fingerprint density at radius 1 is 1.13 bits per heavy atom. The highest BCUT2D eigenvalue weighted by Gasteiger charge is 2.34. The quantitative estimate of drug-likeness (QED) is 0.453. The molecule has 2 saturated carbocycles. The monoisotopic (exact) mass is 452 g/mol. The van der Waals surface area contributed by atoms with Crippen molar-refractivity contribution in [1.82, 2.24) is 9.88 Å². The molecule has 0 spiro atoms. The zero-order valence-electron chi connectivity index (χ0n) is 18.4. The molecule has 3 rings (SSSR count). The van der Waals surface area contributed by atoms with Gasteiger partial charge in [0.25, 0.3) is 0 Å². The summed E-state index contributed by atoms with van der Waals surface area (Å²) in [6.07, 6.45) is 13.9. The first kappa shape index (κ1) is 23.7. The van der Waals surface area contributed by atoms with Gasteiger partial charge >= 0.3 is 0 Å². The minimum absolute atomic E-state index is 0.160. The maximum atomic E-state index is 13.4. The fourth-order valence-corrected chi connectivity index (χ4v) is 6.49. The third-order valence-corrected chi connectivity index (χ3v) is 8.44. The van der Waals surface area contributed by atoms with E-state index in [0.29, 0.717) is 30.4 Å². The van der Waals surface area contributed by atoms with Crippen LogP contribution in [-0.2, 0) is 20.7 Å². The van der Waals surface area contributed by atoms with Crippen molar-refractivity contribution in [3.63, 3.8) is 0 Å². The summed E-state index contributed by atoms with van der Waals surface area (Å²) in [5.74, 6) is 0.859. The van der Waals surface area contributed by atoms with Crippen LogP contribution in [0.1, 0.15) is 83.1 Å². The number of nitrogens with zero attached hydrogens (tertiary/aromatic N) is 2. The minimum atomic E-state index is 0.160. The Morgan fingerprint density at radius 3 is 2.50 bits per heavy atom. The van der Waals surface area contributed by atoms with Crippen LogP contribution < -0.4 is 0 Å². The van der Waals surface area contributed by atoms with Crippen molar-refractivity contribution >= 4 is 34.8 Å². The molecule has 0 bridgehead atoms. The highest BCUT2D eigenvalue weighted by Crippen LogP contribution is 2.32. The van der Waals surface area contributed by atoms with Crippen LogP contribution in [0, 0.1) is 0 Å². The van der Waals surface area contributed by atoms with Crippen molar-refractivity contribution in [3.8, 4) is 0 Å². The molecule has 30 heavy (non-hydrogen) atoms. The average molecular weight is 453 g/mol. The molecule has 2 aliphatic rings. The summed E-state index contributed by atoms with van der Waals surface area (Å²) in [6.45, 7) is 4.59. The standard InChI is InChI=1S/C23H36N2O3S2/c1-3-13-28-20-11-9-19(10-12-20)25(18-7-5-4-6-8-18)22(27)14-21-24-15-23(30-21)29-16-17(2)26/h15,18-20H,3-14,16H2,1-2H3. The summed E-state index contributed by atoms with van der Waals surface area (Å²) < 4.78 is 6.99. The lowest BCUT2D eigenvalue weighted by molar-refractivity contribution is -0.138. The van der Waals surface area contributed by atoms with Gasteiger partial charge in [-0.1, -0.05) is 26.2 Å². The van der Waals surface area contributed by atoms with Crippen LogP contribution in [0.25, 0.3) is 0 Å². The topological polar surface area (TPSA) is 59.5 Å². The first-order chi connectivity index (χ1) is 14.6. The van der Waals surface area contributed by atoms with Crippen LogP contribution in [0.4, 0.5) is 0 Å². The molecule has 0 atom stereocenters. The van der Waals surface area contributed by atoms with Crippen molar-refractivity contribution in [2.45, 2.75) is 107 Å². The first-order valence-electron chi connectivity index (χ1n) is 11.6. The maximum absolute atomic E-state index is 13.4. The molecular formula is C23H36N2O3S2. The third-order valence-electron chi connectivity index (χ3n) is 6.10. The average Bonchev–Trinajstić information content (AvgIpc) is 3.20. The second kappa shape index (κ2) is 12.2. The van der Waals surface area contributed by atoms with Crippen molar-refractivity contribution in [2.24, 2.45) is 0 Å². The van der Waals surface area contributed by atoms with Gasteiger partial charge in [0.05, 0.1) is 28.7 Å². The molecule has 1 aromatic rings. The molecule has 7 heteroatoms. The fourth-order valence-electron chi connectivity index (χ4n) is 4.67. The molecule has 168 valence electrons. The zero-order valence-corrected chi connectivity index (χ0v) is 20.1. The van der Waals surface area contributed by atoms with Crippen molar-refractivity contribution in [2.75, 3.05) is 12.4 Å². The van der Waals surface area contributed by atoms with E-state index in [4.69, 9.17) is 4.74 Å². The van der Waals surface area contributed by atoms with Crippen LogP contribution in [0.3, 0.4) is 0 Å². The second-order valence-electron chi connectivity index (χ2n) is 8.63. The number of thioether (sulfide) groups is 1. The maximum Gasteiger partial charge on any atom is 0.229 e. The van der Waals surface area contributed by atoms with Gasteiger partial charge in [0, 0.05) is 18.7 Å². The summed E-state index contributed by atoms with van der Waals surface area (Å²) in [7, 11) is 0. The number of hydrogen-bond donors (Lipinski definition) is 0. The molecule has 0 saturated heterocycles. The molecule has 5 nitrogen and oxygen atoms in total. The molecule has 0 radical (unpaired) electrons. The molecule has 0 unspecified atom stereocenters. The molecule has 2 fully saturated rings. The Bertz CT molecular complexity index is 680. The molecule has 0 N–H and O–H groups in total. The first-order valence-corrected chi connectivity index (χ1v) is 13.4. The van der Waals surface area contributed by atoms with Gasteiger partial charge in [0.15, 0.2) is 0 Å². The van der Waals surface area contributed by atoms with Crippen LogP contribution in [0.2, 0.25) is 0 Å². The number of amides is 1. The predicted molar refractivity (Wildman–Crippen MR) is 123 cm³/mol. The van der Waals surface area contributed by atoms with E-state index in [2.05, 4.69) is 16.8 Å². The molecule has 1 amide bonds. The number of ether oxygens (including phenoxy) is 1. The summed E-state index contributed by atoms with van der Waals surface area (Å²) in [5.41, 5.74) is 0. The van der Waals surface area contributed by atoms with Gasteiger partial charge in [-0.25, -0.2) is 4.98 Å². The fraction of sp³-hybridized carbons (Fsp3) is 0.783. The van der Waals surface area contributed by atoms with E-state index in [1.165, 1.54) is 31.0 Å². The highest BCUT2D eigenvalue weighted by atomic mass is 32.2. The minimum Gasteiger partial charge on any atom is -0.378 e. The van der Waals surface area contributed by atoms with Gasteiger partial charge in [0.1, 0.15) is 10.8 Å². The molecule has 1 aromatic heterocycles. The highest BCUT2D eigenvalue weighted by molar-refractivity contribution is 8.01. The Balaban J connectivity index is 1.62. The van der Waals surface area contributed by atoms with E-state index in [1.807, 2.05) is 6.20 Å². The number of thiazole rings is 1. The summed E-state index contributed by atoms with van der Waals surface area (Å²) in [4.78, 5) is 31.4. The van der Waals surface area contributed by atoms with Gasteiger partial charge in [-0.15, -0.1) is 23.1 Å². The number of aromatic nitrogens is 1. The lowest BCUT2D eigenvalue weighted by Gasteiger charge is -2.43. The smallest absolute Gasteiger partial charge is 0.229 e. The number of carbonyl (C=O) groups excluding carboxylic acids is 2. The van der Waals surface area contributed by atoms with Crippen molar-refractivity contribution in [1.29, 1.82) is 0 Å². The second-order valence-corrected chi connectivity index (χ2v) is 11.0.